The van der Waals surface area contributed by atoms with Crippen LogP contribution in [0.3, 0.4) is 0 Å². The van der Waals surface area contributed by atoms with Crippen LogP contribution in [-0.4, -0.2) is 24.2 Å². The largest absolute Gasteiger partial charge is 0.486 e. The third-order valence-electron chi connectivity index (χ3n) is 2.54. The van der Waals surface area contributed by atoms with Gasteiger partial charge in [0.15, 0.2) is 0 Å². The maximum absolute atomic E-state index is 10.6. The van der Waals surface area contributed by atoms with Gasteiger partial charge in [-0.2, -0.15) is 0 Å². The summed E-state index contributed by atoms with van der Waals surface area (Å²) in [5.41, 5.74) is -0.0267. The molecule has 1 aromatic rings. The minimum atomic E-state index is -0.472. The van der Waals surface area contributed by atoms with E-state index in [0.29, 0.717) is 17.4 Å². The maximum atomic E-state index is 10.6. The van der Waals surface area contributed by atoms with Crippen LogP contribution in [0.25, 0.3) is 0 Å². The molecule has 0 bridgehead atoms. The van der Waals surface area contributed by atoms with E-state index in [-0.39, 0.29) is 11.8 Å². The Hall–Kier alpha value is -1.33. The van der Waals surface area contributed by atoms with Crippen LogP contribution in [0.5, 0.6) is 5.75 Å². The molecule has 0 aromatic heterocycles. The predicted molar refractivity (Wildman–Crippen MR) is 62.6 cm³/mol. The third-order valence-corrected chi connectivity index (χ3v) is 2.85. The van der Waals surface area contributed by atoms with Crippen molar-refractivity contribution < 1.29 is 14.4 Å². The van der Waals surface area contributed by atoms with E-state index in [2.05, 4.69) is 0 Å². The predicted octanol–water partition coefficient (Wildman–Crippen LogP) is 2.81. The lowest BCUT2D eigenvalue weighted by Gasteiger charge is -2.23. The number of benzene rings is 1. The summed E-state index contributed by atoms with van der Waals surface area (Å²) in [6.07, 6.45) is 1.72. The van der Waals surface area contributed by atoms with Gasteiger partial charge in [-0.3, -0.25) is 10.1 Å². The number of nitro groups is 1. The third kappa shape index (κ3) is 3.08. The molecule has 0 N–H and O–H groups in total. The number of hydrogen-bond acceptors (Lipinski definition) is 4. The van der Waals surface area contributed by atoms with Crippen molar-refractivity contribution in [2.75, 3.05) is 13.2 Å². The first-order chi connectivity index (χ1) is 8.16. The normalized spacial score (nSPS) is 19.9. The molecule has 1 aromatic carbocycles. The van der Waals surface area contributed by atoms with Crippen molar-refractivity contribution in [1.29, 1.82) is 0 Å². The van der Waals surface area contributed by atoms with Crippen LogP contribution < -0.4 is 4.74 Å². The van der Waals surface area contributed by atoms with E-state index in [9.17, 15) is 10.1 Å². The van der Waals surface area contributed by atoms with Crippen molar-refractivity contribution in [2.24, 2.45) is 0 Å². The summed E-state index contributed by atoms with van der Waals surface area (Å²) in [5, 5.41) is 11.0. The molecule has 0 spiro atoms. The van der Waals surface area contributed by atoms with Crippen LogP contribution in [0.4, 0.5) is 5.69 Å². The summed E-state index contributed by atoms with van der Waals surface area (Å²) < 4.78 is 10.9. The molecule has 1 atom stereocenters. The Morgan fingerprint density at radius 2 is 2.35 bits per heavy atom. The fraction of sp³-hybridized carbons (Fsp3) is 0.455. The van der Waals surface area contributed by atoms with Crippen LogP contribution in [0, 0.1) is 10.1 Å². The number of non-ortho nitro benzene ring substituents is 1. The van der Waals surface area contributed by atoms with E-state index in [4.69, 9.17) is 21.1 Å². The molecule has 1 aliphatic rings. The van der Waals surface area contributed by atoms with Crippen molar-refractivity contribution >= 4 is 17.3 Å². The molecule has 1 fully saturated rings. The monoisotopic (exact) mass is 257 g/mol. The second-order valence-electron chi connectivity index (χ2n) is 3.83. The highest BCUT2D eigenvalue weighted by molar-refractivity contribution is 6.32. The Balaban J connectivity index is 2.13. The molecule has 6 heteroatoms. The van der Waals surface area contributed by atoms with E-state index in [0.717, 1.165) is 19.4 Å². The molecule has 1 saturated heterocycles. The fourth-order valence-electron chi connectivity index (χ4n) is 1.68. The van der Waals surface area contributed by atoms with E-state index >= 15 is 0 Å². The van der Waals surface area contributed by atoms with Gasteiger partial charge in [-0.05, 0) is 18.9 Å². The Kier molecular flexibility index (Phi) is 3.81. The molecule has 0 radical (unpaired) electrons. The minimum Gasteiger partial charge on any atom is -0.486 e. The maximum Gasteiger partial charge on any atom is 0.273 e. The van der Waals surface area contributed by atoms with Gasteiger partial charge >= 0.3 is 0 Å². The number of halogens is 1. The van der Waals surface area contributed by atoms with Gasteiger partial charge in [0, 0.05) is 12.7 Å². The summed E-state index contributed by atoms with van der Waals surface area (Å²) in [5.74, 6) is 0.344. The highest BCUT2D eigenvalue weighted by atomic mass is 35.5. The Morgan fingerprint density at radius 3 is 3.00 bits per heavy atom. The number of nitrogens with zero attached hydrogens (tertiary/aromatic N) is 1. The lowest BCUT2D eigenvalue weighted by molar-refractivity contribution is -0.385. The van der Waals surface area contributed by atoms with Gasteiger partial charge in [0.2, 0.25) is 0 Å². The van der Waals surface area contributed by atoms with Crippen LogP contribution in [0.15, 0.2) is 18.2 Å². The first kappa shape index (κ1) is 12.1. The average Bonchev–Trinajstić information content (AvgIpc) is 2.33. The first-order valence-corrected chi connectivity index (χ1v) is 5.73. The lowest BCUT2D eigenvalue weighted by atomic mass is 10.2. The second-order valence-corrected chi connectivity index (χ2v) is 4.24. The van der Waals surface area contributed by atoms with E-state index in [1.54, 1.807) is 0 Å². The Labute approximate surface area is 103 Å². The molecular weight excluding hydrogens is 246 g/mol. The highest BCUT2D eigenvalue weighted by Crippen LogP contribution is 2.30. The molecule has 92 valence electrons. The zero-order valence-corrected chi connectivity index (χ0v) is 9.85. The molecule has 0 aliphatic carbocycles. The minimum absolute atomic E-state index is 0.0267. The summed E-state index contributed by atoms with van der Waals surface area (Å²) in [6, 6.07) is 4.17. The SMILES string of the molecule is O=[N+]([O-])c1ccc(Cl)c(OC2CCCOC2)c1. The van der Waals surface area contributed by atoms with Gasteiger partial charge in [0.1, 0.15) is 11.9 Å². The number of nitro benzene ring substituents is 1. The molecule has 1 heterocycles. The number of hydrogen-bond donors (Lipinski definition) is 0. The van der Waals surface area contributed by atoms with Gasteiger partial charge in [-0.1, -0.05) is 11.6 Å². The van der Waals surface area contributed by atoms with Crippen molar-refractivity contribution in [1.82, 2.24) is 0 Å². The number of ether oxygens (including phenoxy) is 2. The molecular formula is C11H12ClNO4. The van der Waals surface area contributed by atoms with Crippen molar-refractivity contribution in [3.63, 3.8) is 0 Å². The molecule has 1 aliphatic heterocycles. The Morgan fingerprint density at radius 1 is 1.53 bits per heavy atom. The summed E-state index contributed by atoms with van der Waals surface area (Å²) in [6.45, 7) is 1.24. The fourth-order valence-corrected chi connectivity index (χ4v) is 1.84. The molecule has 0 amide bonds. The van der Waals surface area contributed by atoms with Crippen LogP contribution >= 0.6 is 11.6 Å². The molecule has 5 nitrogen and oxygen atoms in total. The molecule has 0 saturated carbocycles. The highest BCUT2D eigenvalue weighted by Gasteiger charge is 2.18. The van der Waals surface area contributed by atoms with Gasteiger partial charge < -0.3 is 9.47 Å². The van der Waals surface area contributed by atoms with Crippen LogP contribution in [-0.2, 0) is 4.74 Å². The molecule has 2 rings (SSSR count). The smallest absolute Gasteiger partial charge is 0.273 e. The van der Waals surface area contributed by atoms with Gasteiger partial charge in [0.25, 0.3) is 5.69 Å². The van der Waals surface area contributed by atoms with E-state index in [1.165, 1.54) is 18.2 Å². The average molecular weight is 258 g/mol. The number of rotatable bonds is 3. The van der Waals surface area contributed by atoms with Gasteiger partial charge in [-0.25, -0.2) is 0 Å². The zero-order chi connectivity index (χ0) is 12.3. The standard InChI is InChI=1S/C11H12ClNO4/c12-10-4-3-8(13(14)15)6-11(10)17-9-2-1-5-16-7-9/h3-4,6,9H,1-2,5,7H2. The van der Waals surface area contributed by atoms with Gasteiger partial charge in [0.05, 0.1) is 22.6 Å². The first-order valence-electron chi connectivity index (χ1n) is 5.35. The molecule has 1 unspecified atom stereocenters. The summed E-state index contributed by atoms with van der Waals surface area (Å²) in [4.78, 5) is 10.2. The van der Waals surface area contributed by atoms with Crippen molar-refractivity contribution in [2.45, 2.75) is 18.9 Å². The quantitative estimate of drug-likeness (QED) is 0.617. The second kappa shape index (κ2) is 5.33. The Bertz CT molecular complexity index is 418. The zero-order valence-electron chi connectivity index (χ0n) is 9.10. The summed E-state index contributed by atoms with van der Waals surface area (Å²) >= 11 is 5.93. The van der Waals surface area contributed by atoms with Crippen molar-refractivity contribution in [3.8, 4) is 5.75 Å². The lowest BCUT2D eigenvalue weighted by Crippen LogP contribution is -2.28. The van der Waals surface area contributed by atoms with E-state index in [1.807, 2.05) is 0 Å². The molecule has 17 heavy (non-hydrogen) atoms. The van der Waals surface area contributed by atoms with E-state index < -0.39 is 4.92 Å². The van der Waals surface area contributed by atoms with Crippen molar-refractivity contribution in [3.05, 3.63) is 33.3 Å². The topological polar surface area (TPSA) is 61.6 Å². The van der Waals surface area contributed by atoms with Crippen LogP contribution in [0.2, 0.25) is 5.02 Å². The summed E-state index contributed by atoms with van der Waals surface area (Å²) in [7, 11) is 0. The van der Waals surface area contributed by atoms with Crippen LogP contribution in [0.1, 0.15) is 12.8 Å². The van der Waals surface area contributed by atoms with Gasteiger partial charge in [-0.15, -0.1) is 0 Å².